The number of sulfonamides is 1. The molecule has 0 saturated heterocycles. The number of nitrogens with one attached hydrogen (secondary N) is 1. The van der Waals surface area contributed by atoms with Crippen molar-refractivity contribution in [2.45, 2.75) is 25.2 Å². The molecule has 0 heterocycles. The molecule has 0 bridgehead atoms. The molecule has 2 aromatic carbocycles. The van der Waals surface area contributed by atoms with Gasteiger partial charge < -0.3 is 5.73 Å². The van der Waals surface area contributed by atoms with E-state index in [-0.39, 0.29) is 17.4 Å². The fourth-order valence-corrected chi connectivity index (χ4v) is 3.88. The topological polar surface area (TPSA) is 113 Å². The normalized spacial score (nSPS) is 12.0. The molecule has 0 aliphatic heterocycles. The van der Waals surface area contributed by atoms with E-state index in [2.05, 4.69) is 0 Å². The zero-order valence-corrected chi connectivity index (χ0v) is 15.1. The van der Waals surface area contributed by atoms with Crippen LogP contribution in [0.1, 0.15) is 20.3 Å². The number of fused-ring (bicyclic) bond motifs is 1. The molecule has 4 N–H and O–H groups in total. The van der Waals surface area contributed by atoms with Crippen molar-refractivity contribution in [3.63, 3.8) is 0 Å². The van der Waals surface area contributed by atoms with Crippen molar-refractivity contribution < 1.29 is 18.4 Å². The second-order valence-corrected chi connectivity index (χ2v) is 8.26. The average molecular weight is 365 g/mol. The Morgan fingerprint density at radius 3 is 2.52 bits per heavy atom. The first-order valence-electron chi connectivity index (χ1n) is 7.96. The van der Waals surface area contributed by atoms with E-state index in [0.717, 1.165) is 9.69 Å². The van der Waals surface area contributed by atoms with Crippen molar-refractivity contribution in [2.75, 3.05) is 18.8 Å². The third-order valence-corrected chi connectivity index (χ3v) is 5.72. The molecule has 25 heavy (non-hydrogen) atoms. The van der Waals surface area contributed by atoms with E-state index in [1.807, 2.05) is 19.9 Å². The first-order chi connectivity index (χ1) is 11.7. The number of nitrogens with zero attached hydrogens (tertiary/aromatic N) is 1. The molecule has 0 aliphatic rings. The third-order valence-electron chi connectivity index (χ3n) is 3.87. The predicted octanol–water partition coefficient (Wildman–Crippen LogP) is 1.96. The van der Waals surface area contributed by atoms with Crippen molar-refractivity contribution in [3.05, 3.63) is 36.4 Å². The van der Waals surface area contributed by atoms with Crippen LogP contribution >= 0.6 is 0 Å². The number of amides is 1. The molecule has 0 atom stereocenters. The van der Waals surface area contributed by atoms with Crippen LogP contribution in [0, 0.1) is 5.92 Å². The molecule has 0 aliphatic carbocycles. The van der Waals surface area contributed by atoms with Crippen LogP contribution in [-0.4, -0.2) is 36.9 Å². The molecular weight excluding hydrogens is 342 g/mol. The molecule has 2 rings (SSSR count). The molecule has 0 spiro atoms. The Morgan fingerprint density at radius 2 is 1.88 bits per heavy atom. The highest BCUT2D eigenvalue weighted by Crippen LogP contribution is 2.24. The van der Waals surface area contributed by atoms with Gasteiger partial charge in [-0.25, -0.2) is 13.9 Å². The van der Waals surface area contributed by atoms with Gasteiger partial charge in [0, 0.05) is 12.2 Å². The Balaban J connectivity index is 2.41. The van der Waals surface area contributed by atoms with Crippen LogP contribution in [0.25, 0.3) is 10.8 Å². The summed E-state index contributed by atoms with van der Waals surface area (Å²) in [5.74, 6) is -0.511. The van der Waals surface area contributed by atoms with Gasteiger partial charge in [-0.05, 0) is 47.4 Å². The number of benzene rings is 2. The lowest BCUT2D eigenvalue weighted by Gasteiger charge is -2.22. The molecular formula is C17H23N3O4S. The van der Waals surface area contributed by atoms with Crippen LogP contribution < -0.4 is 11.2 Å². The highest BCUT2D eigenvalue weighted by atomic mass is 32.2. The van der Waals surface area contributed by atoms with Gasteiger partial charge in [-0.2, -0.15) is 4.31 Å². The van der Waals surface area contributed by atoms with Gasteiger partial charge in [-0.3, -0.25) is 10.0 Å². The summed E-state index contributed by atoms with van der Waals surface area (Å²) >= 11 is 0. The molecule has 0 fully saturated rings. The molecule has 7 nitrogen and oxygen atoms in total. The fraction of sp³-hybridized carbons (Fsp3) is 0.353. The van der Waals surface area contributed by atoms with Crippen LogP contribution in [0.4, 0.5) is 5.69 Å². The summed E-state index contributed by atoms with van der Waals surface area (Å²) in [4.78, 5) is 11.6. The van der Waals surface area contributed by atoms with E-state index in [4.69, 9.17) is 10.9 Å². The molecule has 136 valence electrons. The molecule has 1 amide bonds. The Bertz CT molecular complexity index is 865. The molecule has 0 aromatic heterocycles. The van der Waals surface area contributed by atoms with Gasteiger partial charge >= 0.3 is 0 Å². The SMILES string of the molecule is CC(C)CCN(CC(=O)NO)S(=O)(=O)c1ccc2ccc(N)cc2c1. The second-order valence-electron chi connectivity index (χ2n) is 6.32. The van der Waals surface area contributed by atoms with Gasteiger partial charge in [0.1, 0.15) is 0 Å². The highest BCUT2D eigenvalue weighted by molar-refractivity contribution is 7.89. The molecule has 0 saturated carbocycles. The fourth-order valence-electron chi connectivity index (χ4n) is 2.43. The Labute approximate surface area is 147 Å². The Hall–Kier alpha value is -2.16. The van der Waals surface area contributed by atoms with Crippen molar-refractivity contribution in [1.82, 2.24) is 9.79 Å². The lowest BCUT2D eigenvalue weighted by atomic mass is 10.1. The number of carbonyl (C=O) groups excluding carboxylic acids is 1. The van der Waals surface area contributed by atoms with Crippen LogP contribution in [0.15, 0.2) is 41.3 Å². The predicted molar refractivity (Wildman–Crippen MR) is 96.5 cm³/mol. The van der Waals surface area contributed by atoms with Gasteiger partial charge in [0.05, 0.1) is 11.4 Å². The monoisotopic (exact) mass is 365 g/mol. The van der Waals surface area contributed by atoms with E-state index in [0.29, 0.717) is 17.5 Å². The first kappa shape index (κ1) is 19.2. The molecule has 8 heteroatoms. The lowest BCUT2D eigenvalue weighted by Crippen LogP contribution is -2.40. The van der Waals surface area contributed by atoms with Gasteiger partial charge in [-0.1, -0.05) is 26.0 Å². The quantitative estimate of drug-likeness (QED) is 0.394. The third kappa shape index (κ3) is 4.68. The van der Waals surface area contributed by atoms with Gasteiger partial charge in [0.2, 0.25) is 10.0 Å². The van der Waals surface area contributed by atoms with Crippen molar-refractivity contribution in [1.29, 1.82) is 0 Å². The number of rotatable bonds is 7. The average Bonchev–Trinajstić information content (AvgIpc) is 2.57. The Kier molecular flexibility index (Phi) is 5.99. The number of anilines is 1. The maximum Gasteiger partial charge on any atom is 0.258 e. The molecule has 0 unspecified atom stereocenters. The summed E-state index contributed by atoms with van der Waals surface area (Å²) in [6.45, 7) is 3.67. The number of carbonyl (C=O) groups is 1. The van der Waals surface area contributed by atoms with E-state index < -0.39 is 22.5 Å². The summed E-state index contributed by atoms with van der Waals surface area (Å²) in [7, 11) is -3.89. The number of hydroxylamine groups is 1. The van der Waals surface area contributed by atoms with Crippen LogP contribution in [-0.2, 0) is 14.8 Å². The maximum absolute atomic E-state index is 13.0. The zero-order valence-electron chi connectivity index (χ0n) is 14.3. The minimum atomic E-state index is -3.89. The minimum Gasteiger partial charge on any atom is -0.399 e. The van der Waals surface area contributed by atoms with Crippen LogP contribution in [0.3, 0.4) is 0 Å². The second kappa shape index (κ2) is 7.81. The summed E-state index contributed by atoms with van der Waals surface area (Å²) in [6, 6.07) is 10.0. The minimum absolute atomic E-state index is 0.0834. The van der Waals surface area contributed by atoms with Gasteiger partial charge in [0.25, 0.3) is 5.91 Å². The zero-order chi connectivity index (χ0) is 18.6. The van der Waals surface area contributed by atoms with Crippen LogP contribution in [0.5, 0.6) is 0 Å². The molecule has 0 radical (unpaired) electrons. The summed E-state index contributed by atoms with van der Waals surface area (Å²) in [6.07, 6.45) is 0.596. The van der Waals surface area contributed by atoms with E-state index >= 15 is 0 Å². The van der Waals surface area contributed by atoms with E-state index in [1.54, 1.807) is 24.3 Å². The maximum atomic E-state index is 13.0. The van der Waals surface area contributed by atoms with E-state index in [9.17, 15) is 13.2 Å². The number of hydrogen-bond donors (Lipinski definition) is 3. The summed E-state index contributed by atoms with van der Waals surface area (Å²) < 4.78 is 27.0. The highest BCUT2D eigenvalue weighted by Gasteiger charge is 2.26. The van der Waals surface area contributed by atoms with Crippen molar-refractivity contribution in [3.8, 4) is 0 Å². The first-order valence-corrected chi connectivity index (χ1v) is 9.40. The van der Waals surface area contributed by atoms with Crippen LogP contribution in [0.2, 0.25) is 0 Å². The van der Waals surface area contributed by atoms with Gasteiger partial charge in [-0.15, -0.1) is 0 Å². The standard InChI is InChI=1S/C17H23N3O4S/c1-12(2)7-8-20(11-17(21)19-22)25(23,24)16-6-4-13-3-5-15(18)9-14(13)10-16/h3-6,9-10,12,22H,7-8,11,18H2,1-2H3,(H,19,21). The van der Waals surface area contributed by atoms with Gasteiger partial charge in [0.15, 0.2) is 0 Å². The smallest absolute Gasteiger partial charge is 0.258 e. The van der Waals surface area contributed by atoms with Crippen molar-refractivity contribution >= 4 is 32.4 Å². The number of nitrogens with two attached hydrogens (primary N) is 1. The lowest BCUT2D eigenvalue weighted by molar-refractivity contribution is -0.129. The number of nitrogen functional groups attached to an aromatic ring is 1. The largest absolute Gasteiger partial charge is 0.399 e. The van der Waals surface area contributed by atoms with Crippen molar-refractivity contribution in [2.24, 2.45) is 5.92 Å². The van der Waals surface area contributed by atoms with E-state index in [1.165, 1.54) is 11.5 Å². The molecule has 2 aromatic rings. The summed E-state index contributed by atoms with van der Waals surface area (Å²) in [5.41, 5.74) is 7.79. The number of hydrogen-bond acceptors (Lipinski definition) is 5. The Morgan fingerprint density at radius 1 is 1.20 bits per heavy atom. The summed E-state index contributed by atoms with van der Waals surface area (Å²) in [5, 5.41) is 10.3.